The molecule has 0 bridgehead atoms. The maximum atomic E-state index is 12.1. The Hall–Kier alpha value is -0.570. The van der Waals surface area contributed by atoms with Crippen molar-refractivity contribution < 1.29 is 4.79 Å². The predicted molar refractivity (Wildman–Crippen MR) is 71.7 cm³/mol. The molecule has 1 saturated carbocycles. The number of hydrogen-bond donors (Lipinski definition) is 1. The van der Waals surface area contributed by atoms with Gasteiger partial charge in [0.05, 0.1) is 0 Å². The minimum atomic E-state index is 0.336. The lowest BCUT2D eigenvalue weighted by atomic mass is 9.85. The molecule has 0 saturated heterocycles. The Labute approximate surface area is 106 Å². The first kappa shape index (κ1) is 14.5. The van der Waals surface area contributed by atoms with Crippen molar-refractivity contribution in [3.63, 3.8) is 0 Å². The number of nitrogens with zero attached hydrogens (tertiary/aromatic N) is 1. The fraction of sp³-hybridized carbons (Fsp3) is 0.929. The van der Waals surface area contributed by atoms with Crippen LogP contribution in [-0.4, -0.2) is 30.4 Å². The van der Waals surface area contributed by atoms with Gasteiger partial charge < -0.3 is 10.6 Å². The Kier molecular flexibility index (Phi) is 6.56. The van der Waals surface area contributed by atoms with Gasteiger partial charge in [0.2, 0.25) is 5.91 Å². The van der Waals surface area contributed by atoms with Gasteiger partial charge in [-0.3, -0.25) is 4.79 Å². The highest BCUT2D eigenvalue weighted by Gasteiger charge is 2.22. The van der Waals surface area contributed by atoms with Gasteiger partial charge in [-0.15, -0.1) is 0 Å². The highest BCUT2D eigenvalue weighted by molar-refractivity contribution is 5.76. The molecule has 17 heavy (non-hydrogen) atoms. The molecule has 100 valence electrons. The van der Waals surface area contributed by atoms with Gasteiger partial charge in [-0.1, -0.05) is 13.3 Å². The van der Waals surface area contributed by atoms with Gasteiger partial charge in [0, 0.05) is 19.5 Å². The molecule has 0 aromatic carbocycles. The fourth-order valence-electron chi connectivity index (χ4n) is 2.35. The van der Waals surface area contributed by atoms with Crippen LogP contribution in [0.3, 0.4) is 0 Å². The first-order chi connectivity index (χ1) is 8.17. The van der Waals surface area contributed by atoms with Crippen molar-refractivity contribution in [3.05, 3.63) is 0 Å². The van der Waals surface area contributed by atoms with E-state index in [2.05, 4.69) is 13.8 Å². The summed E-state index contributed by atoms with van der Waals surface area (Å²) >= 11 is 0. The molecule has 0 aliphatic heterocycles. The van der Waals surface area contributed by atoms with Gasteiger partial charge in [-0.05, 0) is 51.0 Å². The summed E-state index contributed by atoms with van der Waals surface area (Å²) in [4.78, 5) is 14.1. The van der Waals surface area contributed by atoms with Crippen LogP contribution in [0.2, 0.25) is 0 Å². The molecule has 1 atom stereocenters. The number of amides is 1. The summed E-state index contributed by atoms with van der Waals surface area (Å²) in [5.41, 5.74) is 5.52. The summed E-state index contributed by atoms with van der Waals surface area (Å²) < 4.78 is 0. The van der Waals surface area contributed by atoms with Crippen molar-refractivity contribution >= 4 is 5.91 Å². The van der Waals surface area contributed by atoms with Crippen molar-refractivity contribution in [3.8, 4) is 0 Å². The van der Waals surface area contributed by atoms with Crippen LogP contribution in [0.1, 0.15) is 52.4 Å². The van der Waals surface area contributed by atoms with Crippen LogP contribution >= 0.6 is 0 Å². The monoisotopic (exact) mass is 240 g/mol. The second-order valence-electron chi connectivity index (χ2n) is 5.45. The second-order valence-corrected chi connectivity index (χ2v) is 5.45. The number of carbonyl (C=O) groups is 1. The summed E-state index contributed by atoms with van der Waals surface area (Å²) in [5, 5.41) is 0. The molecular formula is C14H28N2O. The van der Waals surface area contributed by atoms with Crippen LogP contribution in [0.5, 0.6) is 0 Å². The Morgan fingerprint density at radius 3 is 2.59 bits per heavy atom. The Morgan fingerprint density at radius 1 is 1.41 bits per heavy atom. The van der Waals surface area contributed by atoms with E-state index in [0.29, 0.717) is 18.2 Å². The van der Waals surface area contributed by atoms with E-state index in [1.165, 1.54) is 19.3 Å². The third-order valence-corrected chi connectivity index (χ3v) is 3.95. The van der Waals surface area contributed by atoms with E-state index in [-0.39, 0.29) is 0 Å². The zero-order valence-electron chi connectivity index (χ0n) is 11.5. The van der Waals surface area contributed by atoms with E-state index in [4.69, 9.17) is 5.73 Å². The normalized spacial score (nSPS) is 17.6. The number of hydrogen-bond acceptors (Lipinski definition) is 2. The van der Waals surface area contributed by atoms with Crippen LogP contribution in [0.4, 0.5) is 0 Å². The number of nitrogens with two attached hydrogens (primary N) is 1. The third kappa shape index (κ3) is 5.07. The highest BCUT2D eigenvalue weighted by atomic mass is 16.2. The van der Waals surface area contributed by atoms with Gasteiger partial charge in [0.25, 0.3) is 0 Å². The molecule has 2 N–H and O–H groups in total. The lowest BCUT2D eigenvalue weighted by Crippen LogP contribution is -2.37. The molecular weight excluding hydrogens is 212 g/mol. The van der Waals surface area contributed by atoms with Crippen LogP contribution < -0.4 is 5.73 Å². The Bertz CT molecular complexity index is 226. The van der Waals surface area contributed by atoms with Crippen LogP contribution in [-0.2, 0) is 4.79 Å². The van der Waals surface area contributed by atoms with Crippen molar-refractivity contribution in [1.82, 2.24) is 4.90 Å². The van der Waals surface area contributed by atoms with E-state index in [9.17, 15) is 4.79 Å². The lowest BCUT2D eigenvalue weighted by Gasteiger charge is -2.32. The molecule has 0 aromatic heterocycles. The molecule has 3 nitrogen and oxygen atoms in total. The molecule has 0 spiro atoms. The molecule has 1 unspecified atom stereocenters. The average molecular weight is 240 g/mol. The minimum Gasteiger partial charge on any atom is -0.343 e. The first-order valence-corrected chi connectivity index (χ1v) is 7.15. The van der Waals surface area contributed by atoms with Crippen LogP contribution in [0.15, 0.2) is 0 Å². The zero-order valence-corrected chi connectivity index (χ0v) is 11.5. The van der Waals surface area contributed by atoms with Crippen LogP contribution in [0.25, 0.3) is 0 Å². The molecule has 0 radical (unpaired) electrons. The maximum absolute atomic E-state index is 12.1. The van der Waals surface area contributed by atoms with Crippen molar-refractivity contribution in [2.24, 2.45) is 17.6 Å². The first-order valence-electron chi connectivity index (χ1n) is 7.15. The number of carbonyl (C=O) groups excluding carboxylic acids is 1. The minimum absolute atomic E-state index is 0.336. The topological polar surface area (TPSA) is 46.3 Å². The zero-order chi connectivity index (χ0) is 12.7. The average Bonchev–Trinajstić information content (AvgIpc) is 2.25. The summed E-state index contributed by atoms with van der Waals surface area (Å²) in [6.45, 7) is 6.85. The molecule has 1 amide bonds. The van der Waals surface area contributed by atoms with E-state index in [1.807, 2.05) is 4.90 Å². The summed E-state index contributed by atoms with van der Waals surface area (Å²) in [5.74, 6) is 1.69. The molecule has 1 rings (SSSR count). The Morgan fingerprint density at radius 2 is 2.12 bits per heavy atom. The number of rotatable bonds is 8. The van der Waals surface area contributed by atoms with Crippen molar-refractivity contribution in [1.29, 1.82) is 0 Å². The molecule has 0 heterocycles. The van der Waals surface area contributed by atoms with Gasteiger partial charge in [-0.25, -0.2) is 0 Å². The summed E-state index contributed by atoms with van der Waals surface area (Å²) in [7, 11) is 0. The van der Waals surface area contributed by atoms with Crippen molar-refractivity contribution in [2.75, 3.05) is 19.6 Å². The Balaban J connectivity index is 2.22. The van der Waals surface area contributed by atoms with E-state index in [0.717, 1.165) is 38.4 Å². The van der Waals surface area contributed by atoms with Gasteiger partial charge in [-0.2, -0.15) is 0 Å². The molecule has 1 aliphatic rings. The van der Waals surface area contributed by atoms with Gasteiger partial charge in [0.15, 0.2) is 0 Å². The predicted octanol–water partition coefficient (Wildman–Crippen LogP) is 2.40. The highest BCUT2D eigenvalue weighted by Crippen LogP contribution is 2.27. The van der Waals surface area contributed by atoms with E-state index >= 15 is 0 Å². The summed E-state index contributed by atoms with van der Waals surface area (Å²) in [6, 6.07) is 0. The van der Waals surface area contributed by atoms with Crippen molar-refractivity contribution in [2.45, 2.75) is 52.4 Å². The van der Waals surface area contributed by atoms with Gasteiger partial charge in [0.1, 0.15) is 0 Å². The third-order valence-electron chi connectivity index (χ3n) is 3.95. The smallest absolute Gasteiger partial charge is 0.222 e. The summed E-state index contributed by atoms with van der Waals surface area (Å²) in [6.07, 6.45) is 6.69. The molecule has 3 heteroatoms. The maximum Gasteiger partial charge on any atom is 0.222 e. The molecule has 0 aromatic rings. The van der Waals surface area contributed by atoms with Gasteiger partial charge >= 0.3 is 0 Å². The molecule has 1 aliphatic carbocycles. The SMILES string of the molecule is CCN(CC1CCC1)C(=O)CCC(C)CCN. The largest absolute Gasteiger partial charge is 0.343 e. The quantitative estimate of drug-likeness (QED) is 0.708. The second kappa shape index (κ2) is 7.70. The van der Waals surface area contributed by atoms with E-state index < -0.39 is 0 Å². The van der Waals surface area contributed by atoms with E-state index in [1.54, 1.807) is 0 Å². The lowest BCUT2D eigenvalue weighted by molar-refractivity contribution is -0.132. The molecule has 1 fully saturated rings. The van der Waals surface area contributed by atoms with Crippen LogP contribution in [0, 0.1) is 11.8 Å². The fourth-order valence-corrected chi connectivity index (χ4v) is 2.35. The standard InChI is InChI=1S/C14H28N2O/c1-3-16(11-13-5-4-6-13)14(17)8-7-12(2)9-10-15/h12-13H,3-11,15H2,1-2H3.